The van der Waals surface area contributed by atoms with E-state index < -0.39 is 0 Å². The maximum atomic E-state index is 6.09. The molecular weight excluding hydrogens is 242 g/mol. The number of thioether (sulfide) groups is 1. The average Bonchev–Trinajstić information content (AvgIpc) is 2.80. The first-order chi connectivity index (χ1) is 8.70. The maximum absolute atomic E-state index is 6.09. The van der Waals surface area contributed by atoms with Crippen LogP contribution in [0.25, 0.3) is 0 Å². The number of likely N-dealkylation sites (N-methyl/N-ethyl adjacent to an activating group) is 1. The van der Waals surface area contributed by atoms with Crippen LogP contribution in [-0.4, -0.2) is 39.5 Å². The largest absolute Gasteiger partial charge is 0.329 e. The number of nitrogens with zero attached hydrogens (tertiary/aromatic N) is 2. The highest BCUT2D eigenvalue weighted by molar-refractivity contribution is 8.00. The summed E-state index contributed by atoms with van der Waals surface area (Å²) in [4.78, 5) is 6.62. The summed E-state index contributed by atoms with van der Waals surface area (Å²) in [6.07, 6.45) is 4.93. The molecule has 0 amide bonds. The van der Waals surface area contributed by atoms with E-state index in [4.69, 9.17) is 5.73 Å². The van der Waals surface area contributed by atoms with E-state index in [1.54, 1.807) is 0 Å². The summed E-state index contributed by atoms with van der Waals surface area (Å²) in [5.41, 5.74) is 7.60. The Morgan fingerprint density at radius 2 is 2.22 bits per heavy atom. The molecule has 1 aromatic rings. The van der Waals surface area contributed by atoms with Crippen molar-refractivity contribution in [2.75, 3.05) is 18.8 Å². The van der Waals surface area contributed by atoms with Gasteiger partial charge in [-0.05, 0) is 30.7 Å². The summed E-state index contributed by atoms with van der Waals surface area (Å²) < 4.78 is 0. The Hall–Kier alpha value is -0.580. The van der Waals surface area contributed by atoms with Gasteiger partial charge in [-0.2, -0.15) is 11.8 Å². The first kappa shape index (κ1) is 13.8. The molecule has 4 heteroatoms. The lowest BCUT2D eigenvalue weighted by atomic mass is 9.93. The molecule has 100 valence electrons. The van der Waals surface area contributed by atoms with Gasteiger partial charge in [0.25, 0.3) is 0 Å². The highest BCUT2D eigenvalue weighted by Gasteiger charge is 2.41. The minimum atomic E-state index is 0.183. The van der Waals surface area contributed by atoms with E-state index in [0.29, 0.717) is 0 Å². The Morgan fingerprint density at radius 3 is 2.72 bits per heavy atom. The zero-order valence-electron chi connectivity index (χ0n) is 11.3. The van der Waals surface area contributed by atoms with E-state index in [9.17, 15) is 0 Å². The summed E-state index contributed by atoms with van der Waals surface area (Å²) in [5, 5.41) is 0.722. The summed E-state index contributed by atoms with van der Waals surface area (Å²) in [6.45, 7) is 7.31. The molecule has 2 heterocycles. The summed E-state index contributed by atoms with van der Waals surface area (Å²) in [6, 6.07) is 4.19. The minimum Gasteiger partial charge on any atom is -0.329 e. The van der Waals surface area contributed by atoms with E-state index in [-0.39, 0.29) is 5.54 Å². The molecule has 0 saturated carbocycles. The lowest BCUT2D eigenvalue weighted by Gasteiger charge is -2.39. The van der Waals surface area contributed by atoms with Gasteiger partial charge in [0.2, 0.25) is 0 Å². The van der Waals surface area contributed by atoms with Crippen molar-refractivity contribution in [3.63, 3.8) is 0 Å². The molecule has 0 radical (unpaired) electrons. The van der Waals surface area contributed by atoms with Crippen LogP contribution in [0.15, 0.2) is 24.5 Å². The molecule has 1 aromatic heterocycles. The van der Waals surface area contributed by atoms with Crippen LogP contribution < -0.4 is 5.73 Å². The third kappa shape index (κ3) is 2.87. The summed E-state index contributed by atoms with van der Waals surface area (Å²) >= 11 is 2.05. The Kier molecular flexibility index (Phi) is 4.65. The smallest absolute Gasteiger partial charge is 0.0435 e. The van der Waals surface area contributed by atoms with Gasteiger partial charge in [-0.3, -0.25) is 9.88 Å². The van der Waals surface area contributed by atoms with E-state index in [2.05, 4.69) is 35.9 Å². The molecule has 3 nitrogen and oxygen atoms in total. The molecule has 2 N–H and O–H groups in total. The molecule has 1 saturated heterocycles. The van der Waals surface area contributed by atoms with Crippen molar-refractivity contribution in [2.24, 2.45) is 5.73 Å². The van der Waals surface area contributed by atoms with Gasteiger partial charge in [0.05, 0.1) is 0 Å². The van der Waals surface area contributed by atoms with Crippen molar-refractivity contribution >= 4 is 11.8 Å². The van der Waals surface area contributed by atoms with Crippen LogP contribution >= 0.6 is 11.8 Å². The highest BCUT2D eigenvalue weighted by atomic mass is 32.2. The highest BCUT2D eigenvalue weighted by Crippen LogP contribution is 2.38. The fraction of sp³-hybridized carbons (Fsp3) is 0.643. The van der Waals surface area contributed by atoms with E-state index in [1.807, 2.05) is 24.2 Å². The van der Waals surface area contributed by atoms with E-state index in [1.165, 1.54) is 12.0 Å². The lowest BCUT2D eigenvalue weighted by Crippen LogP contribution is -2.53. The van der Waals surface area contributed by atoms with Gasteiger partial charge in [-0.15, -0.1) is 0 Å². The van der Waals surface area contributed by atoms with Gasteiger partial charge < -0.3 is 5.73 Å². The van der Waals surface area contributed by atoms with Gasteiger partial charge in [0, 0.05) is 42.0 Å². The molecule has 1 fully saturated rings. The second kappa shape index (κ2) is 6.04. The third-order valence-electron chi connectivity index (χ3n) is 3.86. The van der Waals surface area contributed by atoms with Crippen molar-refractivity contribution in [3.8, 4) is 0 Å². The molecule has 0 aliphatic carbocycles. The molecule has 2 atom stereocenters. The first-order valence-corrected chi connectivity index (χ1v) is 7.70. The molecule has 0 aromatic carbocycles. The predicted molar refractivity (Wildman–Crippen MR) is 78.6 cm³/mol. The second-order valence-corrected chi connectivity index (χ2v) is 6.55. The van der Waals surface area contributed by atoms with Crippen molar-refractivity contribution in [1.29, 1.82) is 0 Å². The third-order valence-corrected chi connectivity index (χ3v) is 5.30. The zero-order chi connectivity index (χ0) is 13.0. The molecule has 2 unspecified atom stereocenters. The van der Waals surface area contributed by atoms with Gasteiger partial charge in [0.15, 0.2) is 0 Å². The lowest BCUT2D eigenvalue weighted by molar-refractivity contribution is 0.111. The molecule has 1 aliphatic rings. The number of hydrogen-bond donors (Lipinski definition) is 1. The van der Waals surface area contributed by atoms with Crippen LogP contribution in [0.1, 0.15) is 25.8 Å². The van der Waals surface area contributed by atoms with E-state index in [0.717, 1.165) is 30.6 Å². The molecular formula is C14H23N3S. The van der Waals surface area contributed by atoms with Crippen LogP contribution in [0, 0.1) is 0 Å². The topological polar surface area (TPSA) is 42.2 Å². The first-order valence-electron chi connectivity index (χ1n) is 6.66. The number of rotatable bonds is 5. The minimum absolute atomic E-state index is 0.183. The number of hydrogen-bond acceptors (Lipinski definition) is 4. The Balaban J connectivity index is 2.12. The molecule has 2 rings (SSSR count). The van der Waals surface area contributed by atoms with Crippen LogP contribution in [0.4, 0.5) is 0 Å². The van der Waals surface area contributed by atoms with Crippen LogP contribution in [0.2, 0.25) is 0 Å². The molecule has 1 aliphatic heterocycles. The van der Waals surface area contributed by atoms with Crippen LogP contribution in [-0.2, 0) is 6.54 Å². The van der Waals surface area contributed by atoms with Gasteiger partial charge >= 0.3 is 0 Å². The van der Waals surface area contributed by atoms with Crippen LogP contribution in [0.5, 0.6) is 0 Å². The van der Waals surface area contributed by atoms with E-state index >= 15 is 0 Å². The fourth-order valence-corrected chi connectivity index (χ4v) is 4.21. The van der Waals surface area contributed by atoms with Crippen molar-refractivity contribution in [3.05, 3.63) is 30.1 Å². The van der Waals surface area contributed by atoms with Gasteiger partial charge in [0.1, 0.15) is 0 Å². The number of pyridine rings is 1. The SMILES string of the molecule is CCN(Cc1ccncc1)C1(CN)CSC(C)C1. The molecule has 18 heavy (non-hydrogen) atoms. The second-order valence-electron chi connectivity index (χ2n) is 5.12. The quantitative estimate of drug-likeness (QED) is 0.885. The normalized spacial score (nSPS) is 27.9. The monoisotopic (exact) mass is 265 g/mol. The molecule has 0 bridgehead atoms. The average molecular weight is 265 g/mol. The maximum Gasteiger partial charge on any atom is 0.0435 e. The Labute approximate surface area is 114 Å². The zero-order valence-corrected chi connectivity index (χ0v) is 12.1. The van der Waals surface area contributed by atoms with Crippen molar-refractivity contribution in [1.82, 2.24) is 9.88 Å². The van der Waals surface area contributed by atoms with Crippen molar-refractivity contribution in [2.45, 2.75) is 37.6 Å². The van der Waals surface area contributed by atoms with Gasteiger partial charge in [-0.1, -0.05) is 13.8 Å². The fourth-order valence-electron chi connectivity index (χ4n) is 2.77. The number of nitrogens with two attached hydrogens (primary N) is 1. The van der Waals surface area contributed by atoms with Crippen LogP contribution in [0.3, 0.4) is 0 Å². The number of aromatic nitrogens is 1. The predicted octanol–water partition coefficient (Wildman–Crippen LogP) is 2.13. The summed E-state index contributed by atoms with van der Waals surface area (Å²) in [5.74, 6) is 1.16. The Bertz CT molecular complexity index is 371. The Morgan fingerprint density at radius 1 is 1.50 bits per heavy atom. The standard InChI is InChI=1S/C14H23N3S/c1-3-17(9-13-4-6-16-7-5-13)14(10-15)8-12(2)18-11-14/h4-7,12H,3,8-11,15H2,1-2H3. The van der Waals surface area contributed by atoms with Gasteiger partial charge in [-0.25, -0.2) is 0 Å². The molecule has 0 spiro atoms. The summed E-state index contributed by atoms with van der Waals surface area (Å²) in [7, 11) is 0. The van der Waals surface area contributed by atoms with Crippen molar-refractivity contribution < 1.29 is 0 Å².